The van der Waals surface area contributed by atoms with E-state index < -0.39 is 6.03 Å². The van der Waals surface area contributed by atoms with Crippen molar-refractivity contribution in [1.82, 2.24) is 4.90 Å². The number of primary amides is 1. The second-order valence-electron chi connectivity index (χ2n) is 3.00. The summed E-state index contributed by atoms with van der Waals surface area (Å²) in [6.07, 6.45) is 3.58. The maximum Gasteiger partial charge on any atom is 0.314 e. The maximum absolute atomic E-state index is 10.8. The molecule has 0 aromatic rings. The van der Waals surface area contributed by atoms with E-state index in [0.717, 1.165) is 11.1 Å². The SMILES string of the molecule is C=N/C=C(C)\C(=C/C)CN(C)C(N)=O.CC. The van der Waals surface area contributed by atoms with Gasteiger partial charge in [-0.05, 0) is 31.7 Å². The van der Waals surface area contributed by atoms with Gasteiger partial charge in [0.25, 0.3) is 0 Å². The van der Waals surface area contributed by atoms with Gasteiger partial charge in [-0.3, -0.25) is 4.99 Å². The van der Waals surface area contributed by atoms with Crippen molar-refractivity contribution in [1.29, 1.82) is 0 Å². The lowest BCUT2D eigenvalue weighted by molar-refractivity contribution is 0.222. The third-order valence-corrected chi connectivity index (χ3v) is 1.92. The Labute approximate surface area is 98.5 Å². The summed E-state index contributed by atoms with van der Waals surface area (Å²) in [5.74, 6) is 0. The summed E-state index contributed by atoms with van der Waals surface area (Å²) in [7, 11) is 1.65. The zero-order valence-electron chi connectivity index (χ0n) is 10.9. The number of allylic oxidation sites excluding steroid dienone is 1. The summed E-state index contributed by atoms with van der Waals surface area (Å²) in [6, 6.07) is -0.441. The number of nitrogens with zero attached hydrogens (tertiary/aromatic N) is 2. The van der Waals surface area contributed by atoms with Crippen molar-refractivity contribution in [3.8, 4) is 0 Å². The molecule has 0 rings (SSSR count). The minimum Gasteiger partial charge on any atom is -0.351 e. The van der Waals surface area contributed by atoms with E-state index in [0.29, 0.717) is 6.54 Å². The number of nitrogens with two attached hydrogens (primary N) is 1. The predicted octanol–water partition coefficient (Wildman–Crippen LogP) is 2.57. The molecule has 0 fully saturated rings. The van der Waals surface area contributed by atoms with E-state index in [1.54, 1.807) is 13.2 Å². The van der Waals surface area contributed by atoms with Crippen LogP contribution in [0.4, 0.5) is 4.79 Å². The van der Waals surface area contributed by atoms with Crippen LogP contribution >= 0.6 is 0 Å². The number of rotatable bonds is 4. The van der Waals surface area contributed by atoms with Crippen LogP contribution in [0.15, 0.2) is 28.4 Å². The van der Waals surface area contributed by atoms with E-state index in [9.17, 15) is 4.79 Å². The van der Waals surface area contributed by atoms with Gasteiger partial charge >= 0.3 is 6.03 Å². The molecule has 16 heavy (non-hydrogen) atoms. The average Bonchev–Trinajstić information content (AvgIpc) is 2.28. The summed E-state index contributed by atoms with van der Waals surface area (Å²) in [5.41, 5.74) is 7.11. The van der Waals surface area contributed by atoms with Crippen LogP contribution in [-0.2, 0) is 0 Å². The molecule has 2 amide bonds. The Hall–Kier alpha value is -1.58. The highest BCUT2D eigenvalue weighted by atomic mass is 16.2. The third-order valence-electron chi connectivity index (χ3n) is 1.92. The van der Waals surface area contributed by atoms with Gasteiger partial charge in [0.05, 0.1) is 0 Å². The average molecular weight is 225 g/mol. The van der Waals surface area contributed by atoms with Gasteiger partial charge in [0.2, 0.25) is 0 Å². The van der Waals surface area contributed by atoms with E-state index in [4.69, 9.17) is 5.73 Å². The van der Waals surface area contributed by atoms with Crippen molar-refractivity contribution >= 4 is 12.7 Å². The molecular weight excluding hydrogens is 202 g/mol. The van der Waals surface area contributed by atoms with E-state index in [2.05, 4.69) is 11.7 Å². The molecular formula is C12H23N3O. The Balaban J connectivity index is 0. The van der Waals surface area contributed by atoms with E-state index in [-0.39, 0.29) is 0 Å². The van der Waals surface area contributed by atoms with Gasteiger partial charge in [-0.15, -0.1) is 0 Å². The Morgan fingerprint density at radius 1 is 1.50 bits per heavy atom. The lowest BCUT2D eigenvalue weighted by atomic mass is 10.1. The molecule has 0 aromatic carbocycles. The molecule has 0 aliphatic heterocycles. The number of carbonyl (C=O) groups is 1. The van der Waals surface area contributed by atoms with Crippen molar-refractivity contribution in [3.63, 3.8) is 0 Å². The third kappa shape index (κ3) is 6.81. The summed E-state index contributed by atoms with van der Waals surface area (Å²) >= 11 is 0. The van der Waals surface area contributed by atoms with E-state index in [1.165, 1.54) is 4.90 Å². The smallest absolute Gasteiger partial charge is 0.314 e. The Morgan fingerprint density at radius 2 is 2.00 bits per heavy atom. The van der Waals surface area contributed by atoms with Gasteiger partial charge in [-0.25, -0.2) is 4.79 Å². The van der Waals surface area contributed by atoms with Crippen molar-refractivity contribution in [2.75, 3.05) is 13.6 Å². The number of amides is 2. The van der Waals surface area contributed by atoms with E-state index >= 15 is 0 Å². The van der Waals surface area contributed by atoms with Crippen LogP contribution in [0.3, 0.4) is 0 Å². The number of urea groups is 1. The van der Waals surface area contributed by atoms with Gasteiger partial charge in [0, 0.05) is 19.8 Å². The number of hydrogen-bond donors (Lipinski definition) is 1. The van der Waals surface area contributed by atoms with Crippen LogP contribution < -0.4 is 5.73 Å². The fourth-order valence-electron chi connectivity index (χ4n) is 0.997. The Morgan fingerprint density at radius 3 is 2.31 bits per heavy atom. The monoisotopic (exact) mass is 225 g/mol. The first-order valence-corrected chi connectivity index (χ1v) is 5.31. The number of aliphatic imine (C=N–C) groups is 1. The minimum atomic E-state index is -0.441. The highest BCUT2D eigenvalue weighted by Gasteiger charge is 2.06. The van der Waals surface area contributed by atoms with Crippen LogP contribution in [0.25, 0.3) is 0 Å². The normalized spacial score (nSPS) is 11.3. The van der Waals surface area contributed by atoms with Crippen LogP contribution in [0.1, 0.15) is 27.7 Å². The molecule has 4 heteroatoms. The van der Waals surface area contributed by atoms with Crippen LogP contribution in [0.5, 0.6) is 0 Å². The zero-order chi connectivity index (χ0) is 13.1. The molecule has 0 saturated heterocycles. The number of hydrogen-bond acceptors (Lipinski definition) is 2. The molecule has 92 valence electrons. The molecule has 0 heterocycles. The minimum absolute atomic E-state index is 0.441. The standard InChI is InChI=1S/C10H17N3O.C2H6/c1-5-9(8(2)6-12-3)7-13(4)10(11)14;1-2/h5-6H,3,7H2,1-2,4H3,(H2,11,14);1-2H3/b8-6-,9-5-;. The summed E-state index contributed by atoms with van der Waals surface area (Å²) < 4.78 is 0. The topological polar surface area (TPSA) is 58.7 Å². The second kappa shape index (κ2) is 9.96. The first-order chi connectivity index (χ1) is 7.52. The van der Waals surface area contributed by atoms with Gasteiger partial charge in [-0.2, -0.15) is 0 Å². The quantitative estimate of drug-likeness (QED) is 0.580. The molecule has 0 saturated carbocycles. The van der Waals surface area contributed by atoms with Crippen LogP contribution in [-0.4, -0.2) is 31.2 Å². The second-order valence-corrected chi connectivity index (χ2v) is 3.00. The number of likely N-dealkylation sites (N-methyl/N-ethyl adjacent to an activating group) is 1. The number of carbonyl (C=O) groups excluding carboxylic acids is 1. The Kier molecular flexibility index (Phi) is 10.5. The molecule has 0 spiro atoms. The molecule has 2 N–H and O–H groups in total. The Bertz CT molecular complexity index is 280. The highest BCUT2D eigenvalue weighted by Crippen LogP contribution is 2.10. The first kappa shape index (κ1) is 16.8. The zero-order valence-corrected chi connectivity index (χ0v) is 10.9. The summed E-state index contributed by atoms with van der Waals surface area (Å²) in [6.45, 7) is 11.7. The van der Waals surface area contributed by atoms with Crippen LogP contribution in [0, 0.1) is 0 Å². The van der Waals surface area contributed by atoms with Crippen molar-refractivity contribution in [3.05, 3.63) is 23.4 Å². The van der Waals surface area contributed by atoms with Crippen molar-refractivity contribution in [2.45, 2.75) is 27.7 Å². The van der Waals surface area contributed by atoms with Crippen LogP contribution in [0.2, 0.25) is 0 Å². The lowest BCUT2D eigenvalue weighted by Gasteiger charge is -2.16. The lowest BCUT2D eigenvalue weighted by Crippen LogP contribution is -2.33. The van der Waals surface area contributed by atoms with Gasteiger partial charge in [0.15, 0.2) is 0 Å². The molecule has 0 aliphatic rings. The largest absolute Gasteiger partial charge is 0.351 e. The van der Waals surface area contributed by atoms with Gasteiger partial charge < -0.3 is 10.6 Å². The fourth-order valence-corrected chi connectivity index (χ4v) is 0.997. The molecule has 0 bridgehead atoms. The molecule has 0 aliphatic carbocycles. The highest BCUT2D eigenvalue weighted by molar-refractivity contribution is 5.72. The van der Waals surface area contributed by atoms with E-state index in [1.807, 2.05) is 33.8 Å². The van der Waals surface area contributed by atoms with Crippen molar-refractivity contribution in [2.24, 2.45) is 10.7 Å². The fraction of sp³-hybridized carbons (Fsp3) is 0.500. The first-order valence-electron chi connectivity index (χ1n) is 5.31. The van der Waals surface area contributed by atoms with Gasteiger partial charge in [-0.1, -0.05) is 19.9 Å². The van der Waals surface area contributed by atoms with Gasteiger partial charge in [0.1, 0.15) is 0 Å². The summed E-state index contributed by atoms with van der Waals surface area (Å²) in [4.78, 5) is 15.9. The molecule has 0 aromatic heterocycles. The molecule has 0 atom stereocenters. The van der Waals surface area contributed by atoms with Crippen molar-refractivity contribution < 1.29 is 4.79 Å². The summed E-state index contributed by atoms with van der Waals surface area (Å²) in [5, 5.41) is 0. The predicted molar refractivity (Wildman–Crippen MR) is 70.6 cm³/mol. The maximum atomic E-state index is 10.8. The molecule has 4 nitrogen and oxygen atoms in total. The molecule has 0 unspecified atom stereocenters. The molecule has 0 radical (unpaired) electrons.